The van der Waals surface area contributed by atoms with Gasteiger partial charge in [0.2, 0.25) is 0 Å². The van der Waals surface area contributed by atoms with Crippen molar-refractivity contribution in [1.82, 2.24) is 0 Å². The molecule has 21 heavy (non-hydrogen) atoms. The lowest BCUT2D eigenvalue weighted by Crippen LogP contribution is -2.14. The van der Waals surface area contributed by atoms with Crippen LogP contribution in [0.15, 0.2) is 48.5 Å². The molecule has 2 N–H and O–H groups in total. The van der Waals surface area contributed by atoms with Crippen LogP contribution in [0.1, 0.15) is 46.0 Å². The summed E-state index contributed by atoms with van der Waals surface area (Å²) in [5.74, 6) is -0.991. The smallest absolute Gasteiger partial charge is 0.337 e. The Morgan fingerprint density at radius 1 is 1.00 bits per heavy atom. The Balaban J connectivity index is 2.20. The van der Waals surface area contributed by atoms with Crippen LogP contribution in [0.4, 0.5) is 5.69 Å². The highest BCUT2D eigenvalue weighted by Crippen LogP contribution is 2.18. The van der Waals surface area contributed by atoms with Crippen molar-refractivity contribution < 1.29 is 14.7 Å². The van der Waals surface area contributed by atoms with Gasteiger partial charge in [-0.25, -0.2) is 4.79 Å². The largest absolute Gasteiger partial charge is 0.478 e. The summed E-state index contributed by atoms with van der Waals surface area (Å²) in [4.78, 5) is 23.3. The summed E-state index contributed by atoms with van der Waals surface area (Å²) in [6, 6.07) is 13.6. The van der Waals surface area contributed by atoms with Crippen LogP contribution in [-0.2, 0) is 0 Å². The number of carboxylic acids is 1. The van der Waals surface area contributed by atoms with Crippen LogP contribution in [0.25, 0.3) is 0 Å². The summed E-state index contributed by atoms with van der Waals surface area (Å²) >= 11 is 0. The van der Waals surface area contributed by atoms with E-state index in [1.165, 1.54) is 6.07 Å². The predicted molar refractivity (Wildman–Crippen MR) is 81.9 cm³/mol. The van der Waals surface area contributed by atoms with Gasteiger partial charge >= 0.3 is 5.97 Å². The van der Waals surface area contributed by atoms with Crippen molar-refractivity contribution in [1.29, 1.82) is 0 Å². The lowest BCUT2D eigenvalue weighted by molar-refractivity contribution is 0.0698. The van der Waals surface area contributed by atoms with Gasteiger partial charge in [-0.1, -0.05) is 38.1 Å². The molecule has 2 aromatic carbocycles. The van der Waals surface area contributed by atoms with Crippen molar-refractivity contribution in [3.63, 3.8) is 0 Å². The lowest BCUT2D eigenvalue weighted by Gasteiger charge is -2.09. The number of hydrogen-bond donors (Lipinski definition) is 2. The van der Waals surface area contributed by atoms with Crippen molar-refractivity contribution in [3.05, 3.63) is 65.2 Å². The monoisotopic (exact) mass is 283 g/mol. The van der Waals surface area contributed by atoms with Crippen LogP contribution >= 0.6 is 0 Å². The Hall–Kier alpha value is -2.62. The molecule has 4 nitrogen and oxygen atoms in total. The number of anilines is 1. The molecule has 0 bridgehead atoms. The van der Waals surface area contributed by atoms with Crippen molar-refractivity contribution >= 4 is 17.6 Å². The van der Waals surface area contributed by atoms with E-state index in [1.54, 1.807) is 30.3 Å². The number of carbonyl (C=O) groups excluding carboxylic acids is 1. The fraction of sp³-hybridized carbons (Fsp3) is 0.176. The topological polar surface area (TPSA) is 66.4 Å². The molecule has 0 atom stereocenters. The third-order valence-electron chi connectivity index (χ3n) is 3.25. The first-order valence-corrected chi connectivity index (χ1v) is 6.72. The standard InChI is InChI=1S/C17H17NO3/c1-11(2)12-7-9-13(10-8-12)16(19)18-15-6-4-3-5-14(15)17(20)21/h3-11H,1-2H3,(H,18,19)(H,20,21). The Kier molecular flexibility index (Phi) is 4.38. The van der Waals surface area contributed by atoms with E-state index in [0.29, 0.717) is 17.2 Å². The molecule has 0 unspecified atom stereocenters. The van der Waals surface area contributed by atoms with Gasteiger partial charge in [0.15, 0.2) is 0 Å². The number of hydrogen-bond acceptors (Lipinski definition) is 2. The van der Waals surface area contributed by atoms with Crippen molar-refractivity contribution in [2.45, 2.75) is 19.8 Å². The zero-order valence-corrected chi connectivity index (χ0v) is 12.0. The van der Waals surface area contributed by atoms with E-state index in [9.17, 15) is 9.59 Å². The molecule has 1 amide bonds. The number of benzene rings is 2. The minimum atomic E-state index is -1.07. The Morgan fingerprint density at radius 2 is 1.62 bits per heavy atom. The molecule has 0 saturated heterocycles. The van der Waals surface area contributed by atoms with Gasteiger partial charge in [0, 0.05) is 5.56 Å². The first kappa shape index (κ1) is 14.8. The van der Waals surface area contributed by atoms with Gasteiger partial charge in [0.1, 0.15) is 0 Å². The minimum absolute atomic E-state index is 0.0738. The maximum absolute atomic E-state index is 12.2. The molecule has 0 radical (unpaired) electrons. The van der Waals surface area contributed by atoms with Crippen LogP contribution in [0.3, 0.4) is 0 Å². The first-order chi connectivity index (χ1) is 9.99. The summed E-state index contributed by atoms with van der Waals surface area (Å²) in [7, 11) is 0. The van der Waals surface area contributed by atoms with Crippen molar-refractivity contribution in [2.24, 2.45) is 0 Å². The summed E-state index contributed by atoms with van der Waals surface area (Å²) in [6.07, 6.45) is 0. The van der Waals surface area contributed by atoms with Crippen LogP contribution in [-0.4, -0.2) is 17.0 Å². The highest BCUT2D eigenvalue weighted by molar-refractivity contribution is 6.07. The molecule has 0 heterocycles. The van der Waals surface area contributed by atoms with Gasteiger partial charge in [-0.3, -0.25) is 4.79 Å². The molecule has 4 heteroatoms. The number of rotatable bonds is 4. The number of carboxylic acid groups (broad SMARTS) is 1. The summed E-state index contributed by atoms with van der Waals surface area (Å²) in [5.41, 5.74) is 2.02. The minimum Gasteiger partial charge on any atom is -0.478 e. The molecule has 0 aliphatic heterocycles. The van der Waals surface area contributed by atoms with Crippen LogP contribution < -0.4 is 5.32 Å². The Labute approximate surface area is 123 Å². The van der Waals surface area contributed by atoms with Gasteiger partial charge in [0.05, 0.1) is 11.3 Å². The molecule has 2 rings (SSSR count). The number of nitrogens with one attached hydrogen (secondary N) is 1. The quantitative estimate of drug-likeness (QED) is 0.897. The second-order valence-corrected chi connectivity index (χ2v) is 5.08. The molecule has 2 aromatic rings. The Morgan fingerprint density at radius 3 is 2.19 bits per heavy atom. The number of para-hydroxylation sites is 1. The average Bonchev–Trinajstić information content (AvgIpc) is 2.47. The van der Waals surface area contributed by atoms with Gasteiger partial charge in [-0.2, -0.15) is 0 Å². The van der Waals surface area contributed by atoms with Gasteiger partial charge < -0.3 is 10.4 Å². The zero-order chi connectivity index (χ0) is 15.4. The third-order valence-corrected chi connectivity index (χ3v) is 3.25. The zero-order valence-electron chi connectivity index (χ0n) is 12.0. The van der Waals surface area contributed by atoms with Crippen LogP contribution in [0.2, 0.25) is 0 Å². The predicted octanol–water partition coefficient (Wildman–Crippen LogP) is 3.76. The normalized spacial score (nSPS) is 10.4. The lowest BCUT2D eigenvalue weighted by atomic mass is 10.0. The fourth-order valence-electron chi connectivity index (χ4n) is 1.99. The molecule has 0 aliphatic carbocycles. The maximum Gasteiger partial charge on any atom is 0.337 e. The summed E-state index contributed by atoms with van der Waals surface area (Å²) in [6.45, 7) is 4.16. The van der Waals surface area contributed by atoms with E-state index in [0.717, 1.165) is 5.56 Å². The van der Waals surface area contributed by atoms with E-state index in [-0.39, 0.29) is 11.5 Å². The SMILES string of the molecule is CC(C)c1ccc(C(=O)Nc2ccccc2C(=O)O)cc1. The van der Waals surface area contributed by atoms with E-state index in [4.69, 9.17) is 5.11 Å². The molecule has 0 spiro atoms. The van der Waals surface area contributed by atoms with Gasteiger partial charge in [-0.05, 0) is 35.7 Å². The van der Waals surface area contributed by atoms with E-state index >= 15 is 0 Å². The first-order valence-electron chi connectivity index (χ1n) is 6.72. The molecule has 0 fully saturated rings. The third kappa shape index (κ3) is 3.48. The highest BCUT2D eigenvalue weighted by atomic mass is 16.4. The Bertz CT molecular complexity index is 660. The number of carbonyl (C=O) groups is 2. The fourth-order valence-corrected chi connectivity index (χ4v) is 1.99. The molecule has 0 aliphatic rings. The van der Waals surface area contributed by atoms with E-state index in [1.807, 2.05) is 12.1 Å². The molecule has 108 valence electrons. The summed E-state index contributed by atoms with van der Waals surface area (Å²) in [5, 5.41) is 11.7. The van der Waals surface area contributed by atoms with Gasteiger partial charge in [0.25, 0.3) is 5.91 Å². The molecular formula is C17H17NO3. The summed E-state index contributed by atoms with van der Waals surface area (Å²) < 4.78 is 0. The maximum atomic E-state index is 12.2. The number of amides is 1. The number of aromatic carboxylic acids is 1. The molecular weight excluding hydrogens is 266 g/mol. The molecule has 0 saturated carbocycles. The average molecular weight is 283 g/mol. The van der Waals surface area contributed by atoms with E-state index in [2.05, 4.69) is 19.2 Å². The van der Waals surface area contributed by atoms with Crippen molar-refractivity contribution in [3.8, 4) is 0 Å². The second-order valence-electron chi connectivity index (χ2n) is 5.08. The van der Waals surface area contributed by atoms with Gasteiger partial charge in [-0.15, -0.1) is 0 Å². The van der Waals surface area contributed by atoms with Crippen molar-refractivity contribution in [2.75, 3.05) is 5.32 Å². The van der Waals surface area contributed by atoms with Crippen LogP contribution in [0.5, 0.6) is 0 Å². The van der Waals surface area contributed by atoms with Crippen LogP contribution in [0, 0.1) is 0 Å². The molecule has 0 aromatic heterocycles. The second kappa shape index (κ2) is 6.22. The highest BCUT2D eigenvalue weighted by Gasteiger charge is 2.13. The van der Waals surface area contributed by atoms with E-state index < -0.39 is 5.97 Å².